The smallest absolute Gasteiger partial charge is 0.262 e. The van der Waals surface area contributed by atoms with Crippen molar-refractivity contribution in [1.82, 2.24) is 4.90 Å². The van der Waals surface area contributed by atoms with E-state index in [1.807, 2.05) is 13.8 Å². The van der Waals surface area contributed by atoms with Crippen LogP contribution in [0.4, 0.5) is 10.1 Å². The largest absolute Gasteiger partial charge is 0.484 e. The van der Waals surface area contributed by atoms with Crippen LogP contribution in [0.3, 0.4) is 0 Å². The van der Waals surface area contributed by atoms with Gasteiger partial charge in [-0.1, -0.05) is 6.07 Å². The van der Waals surface area contributed by atoms with Gasteiger partial charge in [0.05, 0.1) is 0 Å². The monoisotopic (exact) mass is 344 g/mol. The van der Waals surface area contributed by atoms with E-state index in [4.69, 9.17) is 4.74 Å². The zero-order chi connectivity index (χ0) is 18.2. The minimum atomic E-state index is -0.425. The van der Waals surface area contributed by atoms with Gasteiger partial charge >= 0.3 is 0 Å². The van der Waals surface area contributed by atoms with Gasteiger partial charge in [0, 0.05) is 30.4 Å². The summed E-state index contributed by atoms with van der Waals surface area (Å²) in [4.78, 5) is 25.8. The molecule has 2 rings (SSSR count). The molecule has 0 atom stereocenters. The summed E-state index contributed by atoms with van der Waals surface area (Å²) in [6, 6.07) is 12.3. The molecule has 25 heavy (non-hydrogen) atoms. The number of carbonyl (C=O) groups is 2. The number of rotatable bonds is 7. The Kier molecular flexibility index (Phi) is 6.51. The fourth-order valence-corrected chi connectivity index (χ4v) is 2.29. The predicted molar refractivity (Wildman–Crippen MR) is 94.2 cm³/mol. The Bertz CT molecular complexity index is 728. The first-order chi connectivity index (χ1) is 12.0. The molecule has 1 N–H and O–H groups in total. The van der Waals surface area contributed by atoms with Crippen LogP contribution in [-0.2, 0) is 4.79 Å². The van der Waals surface area contributed by atoms with Crippen LogP contribution in [0.2, 0.25) is 0 Å². The lowest BCUT2D eigenvalue weighted by Gasteiger charge is -2.18. The summed E-state index contributed by atoms with van der Waals surface area (Å²) in [5.41, 5.74) is 1.13. The number of benzene rings is 2. The Morgan fingerprint density at radius 2 is 1.76 bits per heavy atom. The van der Waals surface area contributed by atoms with E-state index in [2.05, 4.69) is 5.32 Å². The van der Waals surface area contributed by atoms with Gasteiger partial charge in [-0.3, -0.25) is 9.59 Å². The number of carbonyl (C=O) groups excluding carboxylic acids is 2. The molecular formula is C19H21FN2O3. The van der Waals surface area contributed by atoms with Gasteiger partial charge in [-0.25, -0.2) is 4.39 Å². The standard InChI is InChI=1S/C19H21FN2O3/c1-3-22(4-2)19(24)14-8-10-16(11-9-14)21-18(23)13-25-17-7-5-6-15(20)12-17/h5-12H,3-4,13H2,1-2H3,(H,21,23). The molecule has 0 aliphatic heterocycles. The van der Waals surface area contributed by atoms with E-state index in [1.54, 1.807) is 35.2 Å². The zero-order valence-electron chi connectivity index (χ0n) is 14.3. The molecular weight excluding hydrogens is 323 g/mol. The minimum Gasteiger partial charge on any atom is -0.484 e. The van der Waals surface area contributed by atoms with Gasteiger partial charge in [-0.05, 0) is 50.2 Å². The van der Waals surface area contributed by atoms with Crippen LogP contribution in [0.15, 0.2) is 48.5 Å². The molecule has 0 spiro atoms. The molecule has 6 heteroatoms. The number of nitrogens with zero attached hydrogens (tertiary/aromatic N) is 1. The molecule has 0 saturated carbocycles. The summed E-state index contributed by atoms with van der Waals surface area (Å²) in [6.07, 6.45) is 0. The molecule has 0 aromatic heterocycles. The Labute approximate surface area is 146 Å². The Balaban J connectivity index is 1.90. The third kappa shape index (κ3) is 5.31. The highest BCUT2D eigenvalue weighted by atomic mass is 19.1. The zero-order valence-corrected chi connectivity index (χ0v) is 14.3. The van der Waals surface area contributed by atoms with Crippen molar-refractivity contribution in [3.05, 3.63) is 59.9 Å². The van der Waals surface area contributed by atoms with Crippen LogP contribution in [0.25, 0.3) is 0 Å². The van der Waals surface area contributed by atoms with Gasteiger partial charge in [-0.2, -0.15) is 0 Å². The molecule has 2 aromatic carbocycles. The van der Waals surface area contributed by atoms with Crippen LogP contribution in [0.5, 0.6) is 5.75 Å². The third-order valence-corrected chi connectivity index (χ3v) is 3.63. The molecule has 0 bridgehead atoms. The van der Waals surface area contributed by atoms with Gasteiger partial charge in [0.1, 0.15) is 11.6 Å². The fourth-order valence-electron chi connectivity index (χ4n) is 2.29. The fraction of sp³-hybridized carbons (Fsp3) is 0.263. The first kappa shape index (κ1) is 18.4. The van der Waals surface area contributed by atoms with Gasteiger partial charge in [0.2, 0.25) is 0 Å². The average molecular weight is 344 g/mol. The highest BCUT2D eigenvalue weighted by molar-refractivity contribution is 5.96. The van der Waals surface area contributed by atoms with Crippen molar-refractivity contribution in [1.29, 1.82) is 0 Å². The Hall–Kier alpha value is -2.89. The first-order valence-electron chi connectivity index (χ1n) is 8.11. The summed E-state index contributed by atoms with van der Waals surface area (Å²) in [6.45, 7) is 4.91. The van der Waals surface area contributed by atoms with Crippen molar-refractivity contribution in [2.45, 2.75) is 13.8 Å². The van der Waals surface area contributed by atoms with Crippen LogP contribution >= 0.6 is 0 Å². The van der Waals surface area contributed by atoms with Crippen molar-refractivity contribution in [2.24, 2.45) is 0 Å². The van der Waals surface area contributed by atoms with Gasteiger partial charge < -0.3 is 15.0 Å². The lowest BCUT2D eigenvalue weighted by Crippen LogP contribution is -2.30. The van der Waals surface area contributed by atoms with E-state index in [1.165, 1.54) is 18.2 Å². The molecule has 132 valence electrons. The number of halogens is 1. The van der Waals surface area contributed by atoms with Crippen LogP contribution in [-0.4, -0.2) is 36.4 Å². The van der Waals surface area contributed by atoms with Gasteiger partial charge in [-0.15, -0.1) is 0 Å². The number of hydrogen-bond acceptors (Lipinski definition) is 3. The molecule has 0 unspecified atom stereocenters. The van der Waals surface area contributed by atoms with E-state index in [-0.39, 0.29) is 24.2 Å². The van der Waals surface area contributed by atoms with E-state index >= 15 is 0 Å². The number of hydrogen-bond donors (Lipinski definition) is 1. The minimum absolute atomic E-state index is 0.0442. The van der Waals surface area contributed by atoms with E-state index < -0.39 is 5.82 Å². The number of nitrogens with one attached hydrogen (secondary N) is 1. The molecule has 0 heterocycles. The highest BCUT2D eigenvalue weighted by Crippen LogP contribution is 2.13. The maximum absolute atomic E-state index is 13.0. The Morgan fingerprint density at radius 1 is 1.08 bits per heavy atom. The van der Waals surface area contributed by atoms with Gasteiger partial charge in [0.15, 0.2) is 6.61 Å². The maximum Gasteiger partial charge on any atom is 0.262 e. The third-order valence-electron chi connectivity index (χ3n) is 3.63. The first-order valence-corrected chi connectivity index (χ1v) is 8.11. The topological polar surface area (TPSA) is 58.6 Å². The number of amides is 2. The summed E-state index contributed by atoms with van der Waals surface area (Å²) < 4.78 is 18.3. The molecule has 0 fully saturated rings. The van der Waals surface area contributed by atoms with Crippen molar-refractivity contribution in [3.8, 4) is 5.75 Å². The van der Waals surface area contributed by atoms with Gasteiger partial charge in [0.25, 0.3) is 11.8 Å². The molecule has 0 aliphatic rings. The number of ether oxygens (including phenoxy) is 1. The lowest BCUT2D eigenvalue weighted by molar-refractivity contribution is -0.118. The molecule has 5 nitrogen and oxygen atoms in total. The van der Waals surface area contributed by atoms with E-state index in [0.29, 0.717) is 24.3 Å². The molecule has 0 saturated heterocycles. The second kappa shape index (κ2) is 8.82. The maximum atomic E-state index is 13.0. The molecule has 0 aliphatic carbocycles. The second-order valence-corrected chi connectivity index (χ2v) is 5.35. The quantitative estimate of drug-likeness (QED) is 0.838. The summed E-state index contributed by atoms with van der Waals surface area (Å²) >= 11 is 0. The highest BCUT2D eigenvalue weighted by Gasteiger charge is 2.12. The summed E-state index contributed by atoms with van der Waals surface area (Å²) in [7, 11) is 0. The predicted octanol–water partition coefficient (Wildman–Crippen LogP) is 3.33. The van der Waals surface area contributed by atoms with Crippen LogP contribution in [0, 0.1) is 5.82 Å². The van der Waals surface area contributed by atoms with Crippen molar-refractivity contribution in [2.75, 3.05) is 25.0 Å². The molecule has 2 aromatic rings. The van der Waals surface area contributed by atoms with Crippen molar-refractivity contribution < 1.29 is 18.7 Å². The van der Waals surface area contributed by atoms with Crippen LogP contribution < -0.4 is 10.1 Å². The summed E-state index contributed by atoms with van der Waals surface area (Å²) in [5.74, 6) is -0.550. The summed E-state index contributed by atoms with van der Waals surface area (Å²) in [5, 5.41) is 2.67. The van der Waals surface area contributed by atoms with Crippen LogP contribution in [0.1, 0.15) is 24.2 Å². The Morgan fingerprint density at radius 3 is 2.36 bits per heavy atom. The lowest BCUT2D eigenvalue weighted by atomic mass is 10.2. The van der Waals surface area contributed by atoms with Crippen molar-refractivity contribution in [3.63, 3.8) is 0 Å². The molecule has 0 radical (unpaired) electrons. The number of anilines is 1. The van der Waals surface area contributed by atoms with Crippen molar-refractivity contribution >= 4 is 17.5 Å². The second-order valence-electron chi connectivity index (χ2n) is 5.35. The van der Waals surface area contributed by atoms with E-state index in [9.17, 15) is 14.0 Å². The van der Waals surface area contributed by atoms with E-state index in [0.717, 1.165) is 0 Å². The SMILES string of the molecule is CCN(CC)C(=O)c1ccc(NC(=O)COc2cccc(F)c2)cc1. The molecule has 2 amide bonds. The average Bonchev–Trinajstić information content (AvgIpc) is 2.61. The normalized spacial score (nSPS) is 10.2.